The molecule has 0 saturated carbocycles. The predicted molar refractivity (Wildman–Crippen MR) is 77.8 cm³/mol. The third kappa shape index (κ3) is 7.74. The van der Waals surface area contributed by atoms with Gasteiger partial charge in [-0.2, -0.15) is 0 Å². The molecule has 8 heteroatoms. The molecule has 0 aromatic rings. The lowest BCUT2D eigenvalue weighted by Gasteiger charge is -2.22. The van der Waals surface area contributed by atoms with Gasteiger partial charge in [0.1, 0.15) is 12.1 Å². The van der Waals surface area contributed by atoms with E-state index < -0.39 is 36.0 Å². The number of amides is 2. The van der Waals surface area contributed by atoms with Crippen LogP contribution in [-0.2, 0) is 14.4 Å². The van der Waals surface area contributed by atoms with Crippen molar-refractivity contribution in [2.45, 2.75) is 57.3 Å². The van der Waals surface area contributed by atoms with Gasteiger partial charge in [0.2, 0.25) is 18.1 Å². The van der Waals surface area contributed by atoms with E-state index in [9.17, 15) is 19.5 Å². The van der Waals surface area contributed by atoms with Crippen molar-refractivity contribution in [1.82, 2.24) is 10.6 Å². The van der Waals surface area contributed by atoms with Gasteiger partial charge in [-0.1, -0.05) is 0 Å². The lowest BCUT2D eigenvalue weighted by atomic mass is 10.1. The van der Waals surface area contributed by atoms with E-state index in [2.05, 4.69) is 10.6 Å². The second-order valence-corrected chi connectivity index (χ2v) is 4.98. The Morgan fingerprint density at radius 2 is 1.81 bits per heavy atom. The summed E-state index contributed by atoms with van der Waals surface area (Å²) in [5.74, 6) is -1.03. The van der Waals surface area contributed by atoms with Crippen LogP contribution in [0.15, 0.2) is 0 Å². The molecule has 121 valence electrons. The van der Waals surface area contributed by atoms with Gasteiger partial charge in [0.15, 0.2) is 0 Å². The minimum Gasteiger partial charge on any atom is -0.391 e. The molecule has 4 atom stereocenters. The summed E-state index contributed by atoms with van der Waals surface area (Å²) in [6, 6.07) is -2.72. The molecule has 0 fully saturated rings. The van der Waals surface area contributed by atoms with Crippen LogP contribution in [0.1, 0.15) is 33.1 Å². The fourth-order valence-electron chi connectivity index (χ4n) is 1.57. The molecule has 7 N–H and O–H groups in total. The number of nitrogens with one attached hydrogen (secondary N) is 2. The molecule has 0 heterocycles. The van der Waals surface area contributed by atoms with Crippen molar-refractivity contribution in [2.75, 3.05) is 6.54 Å². The maximum atomic E-state index is 12.1. The lowest BCUT2D eigenvalue weighted by Crippen LogP contribution is -2.54. The number of rotatable bonds is 10. The van der Waals surface area contributed by atoms with Crippen LogP contribution in [0, 0.1) is 0 Å². The van der Waals surface area contributed by atoms with Crippen LogP contribution in [0.2, 0.25) is 0 Å². The first kappa shape index (κ1) is 19.5. The molecule has 1 radical (unpaired) electrons. The number of carbonyl (C=O) groups excluding carboxylic acids is 3. The van der Waals surface area contributed by atoms with Gasteiger partial charge in [0.25, 0.3) is 0 Å². The van der Waals surface area contributed by atoms with Gasteiger partial charge in [0.05, 0.1) is 12.1 Å². The molecule has 0 unspecified atom stereocenters. The number of carbonyl (C=O) groups is 2. The quantitative estimate of drug-likeness (QED) is 0.293. The van der Waals surface area contributed by atoms with E-state index in [4.69, 9.17) is 11.5 Å². The highest BCUT2D eigenvalue weighted by atomic mass is 16.3. The molecule has 0 bridgehead atoms. The van der Waals surface area contributed by atoms with Crippen LogP contribution in [0.3, 0.4) is 0 Å². The fraction of sp³-hybridized carbons (Fsp3) is 0.769. The zero-order valence-corrected chi connectivity index (χ0v) is 12.5. The van der Waals surface area contributed by atoms with Crippen molar-refractivity contribution in [3.05, 3.63) is 0 Å². The monoisotopic (exact) mass is 301 g/mol. The normalized spacial score (nSPS) is 16.4. The summed E-state index contributed by atoms with van der Waals surface area (Å²) in [5.41, 5.74) is 10.8. The highest BCUT2D eigenvalue weighted by Crippen LogP contribution is 2.02. The summed E-state index contributed by atoms with van der Waals surface area (Å²) in [5, 5.41) is 14.2. The summed E-state index contributed by atoms with van der Waals surface area (Å²) in [6.07, 6.45) is 2.18. The number of nitrogens with two attached hydrogens (primary N) is 2. The summed E-state index contributed by atoms with van der Waals surface area (Å²) in [6.45, 7) is 3.34. The largest absolute Gasteiger partial charge is 0.391 e. The van der Waals surface area contributed by atoms with Gasteiger partial charge in [-0.3, -0.25) is 14.4 Å². The van der Waals surface area contributed by atoms with Gasteiger partial charge in [-0.15, -0.1) is 0 Å². The van der Waals surface area contributed by atoms with Crippen molar-refractivity contribution >= 4 is 18.1 Å². The molecule has 0 spiro atoms. The minimum atomic E-state index is -1.14. The maximum Gasteiger partial charge on any atom is 0.243 e. The van der Waals surface area contributed by atoms with E-state index in [-0.39, 0.29) is 0 Å². The molecule has 0 aliphatic carbocycles. The van der Waals surface area contributed by atoms with E-state index in [1.54, 1.807) is 6.29 Å². The van der Waals surface area contributed by atoms with E-state index >= 15 is 0 Å². The highest BCUT2D eigenvalue weighted by Gasteiger charge is 2.25. The Bertz CT molecular complexity index is 347. The van der Waals surface area contributed by atoms with Crippen LogP contribution in [-0.4, -0.2) is 54.0 Å². The number of aliphatic hydroxyl groups excluding tert-OH is 1. The van der Waals surface area contributed by atoms with Crippen LogP contribution in [0.25, 0.3) is 0 Å². The van der Waals surface area contributed by atoms with E-state index in [1.807, 2.05) is 0 Å². The molecule has 0 aromatic carbocycles. The Labute approximate surface area is 124 Å². The van der Waals surface area contributed by atoms with Crippen molar-refractivity contribution in [3.8, 4) is 0 Å². The van der Waals surface area contributed by atoms with Crippen molar-refractivity contribution in [1.29, 1.82) is 0 Å². The first-order valence-electron chi connectivity index (χ1n) is 6.95. The molecule has 0 aliphatic heterocycles. The first-order valence-corrected chi connectivity index (χ1v) is 6.95. The van der Waals surface area contributed by atoms with Crippen LogP contribution < -0.4 is 22.1 Å². The standard InChI is InChI=1S/C13H25N4O4/c1-8(15)12(20)16-10(5-3-4-6-14)13(21)17-11(7-18)9(2)19/h8-11,19H,3-6,14-15H2,1-2H3,(H,16,20)(H,17,21)/t8-,9+,10-,11+/m0/s1. The van der Waals surface area contributed by atoms with Crippen LogP contribution in [0.5, 0.6) is 0 Å². The molecular weight excluding hydrogens is 276 g/mol. The molecule has 8 nitrogen and oxygen atoms in total. The maximum absolute atomic E-state index is 12.1. The van der Waals surface area contributed by atoms with E-state index in [0.717, 1.165) is 0 Å². The SMILES string of the molecule is C[C@H](N)C(=O)N[C@@H](CCCCN)C(=O)N[C@H]([C]=O)[C@@H](C)O. The zero-order chi connectivity index (χ0) is 16.4. The number of unbranched alkanes of at least 4 members (excludes halogenated alkanes) is 1. The third-order valence-electron chi connectivity index (χ3n) is 2.90. The van der Waals surface area contributed by atoms with Gasteiger partial charge < -0.3 is 27.2 Å². The smallest absolute Gasteiger partial charge is 0.243 e. The van der Waals surface area contributed by atoms with Gasteiger partial charge in [0, 0.05) is 0 Å². The van der Waals surface area contributed by atoms with Crippen molar-refractivity contribution in [2.24, 2.45) is 11.5 Å². The Morgan fingerprint density at radius 1 is 1.19 bits per heavy atom. The predicted octanol–water partition coefficient (Wildman–Crippen LogP) is -2.08. The Kier molecular flexibility index (Phi) is 9.51. The highest BCUT2D eigenvalue weighted by molar-refractivity contribution is 5.90. The molecule has 0 saturated heterocycles. The molecule has 0 rings (SSSR count). The molecule has 21 heavy (non-hydrogen) atoms. The van der Waals surface area contributed by atoms with E-state index in [1.165, 1.54) is 13.8 Å². The number of hydrogen-bond donors (Lipinski definition) is 5. The van der Waals surface area contributed by atoms with Gasteiger partial charge >= 0.3 is 0 Å². The average molecular weight is 301 g/mol. The second-order valence-electron chi connectivity index (χ2n) is 4.98. The zero-order valence-electron chi connectivity index (χ0n) is 12.5. The Morgan fingerprint density at radius 3 is 2.24 bits per heavy atom. The third-order valence-corrected chi connectivity index (χ3v) is 2.90. The van der Waals surface area contributed by atoms with Crippen molar-refractivity contribution in [3.63, 3.8) is 0 Å². The summed E-state index contributed by atoms with van der Waals surface area (Å²) < 4.78 is 0. The Hall–Kier alpha value is -1.51. The molecule has 0 aliphatic rings. The first-order chi connectivity index (χ1) is 9.83. The van der Waals surface area contributed by atoms with Gasteiger partial charge in [-0.25, -0.2) is 0 Å². The second kappa shape index (κ2) is 10.3. The average Bonchev–Trinajstić information content (AvgIpc) is 2.42. The van der Waals surface area contributed by atoms with E-state index in [0.29, 0.717) is 25.8 Å². The summed E-state index contributed by atoms with van der Waals surface area (Å²) in [7, 11) is 0. The van der Waals surface area contributed by atoms with Crippen LogP contribution >= 0.6 is 0 Å². The summed E-state index contributed by atoms with van der Waals surface area (Å²) in [4.78, 5) is 34.4. The summed E-state index contributed by atoms with van der Waals surface area (Å²) >= 11 is 0. The number of hydrogen-bond acceptors (Lipinski definition) is 6. The van der Waals surface area contributed by atoms with Gasteiger partial charge in [-0.05, 0) is 39.7 Å². The molecular formula is C13H25N4O4. The molecule has 2 amide bonds. The minimum absolute atomic E-state index is 0.368. The lowest BCUT2D eigenvalue weighted by molar-refractivity contribution is -0.130. The van der Waals surface area contributed by atoms with Crippen LogP contribution in [0.4, 0.5) is 0 Å². The topological polar surface area (TPSA) is 148 Å². The fourth-order valence-corrected chi connectivity index (χ4v) is 1.57. The Balaban J connectivity index is 4.71. The number of aliphatic hydroxyl groups is 1. The van der Waals surface area contributed by atoms with Crippen molar-refractivity contribution < 1.29 is 19.5 Å². The molecule has 0 aromatic heterocycles.